The Hall–Kier alpha value is -3.90. The van der Waals surface area contributed by atoms with E-state index in [1.54, 1.807) is 12.4 Å². The molecule has 3 N–H and O–H groups in total. The van der Waals surface area contributed by atoms with E-state index in [0.717, 1.165) is 21.3 Å². The molecule has 12 heteroatoms. The summed E-state index contributed by atoms with van der Waals surface area (Å²) < 4.78 is 11.3. The molecular formula is C25H29N7O4S. The minimum Gasteiger partial charge on any atom is -0.372 e. The molecule has 0 bridgehead atoms. The highest BCUT2D eigenvalue weighted by Crippen LogP contribution is 2.31. The van der Waals surface area contributed by atoms with Gasteiger partial charge in [-0.3, -0.25) is 15.1 Å². The van der Waals surface area contributed by atoms with E-state index in [0.29, 0.717) is 42.1 Å². The molecule has 0 atom stereocenters. The number of benzene rings is 1. The molecule has 0 fully saturated rings. The van der Waals surface area contributed by atoms with Gasteiger partial charge in [-0.1, -0.05) is 43.3 Å². The molecule has 37 heavy (non-hydrogen) atoms. The van der Waals surface area contributed by atoms with Gasteiger partial charge in [0.25, 0.3) is 0 Å². The van der Waals surface area contributed by atoms with Crippen molar-refractivity contribution in [3.63, 3.8) is 0 Å². The van der Waals surface area contributed by atoms with Gasteiger partial charge in [-0.2, -0.15) is 4.98 Å². The minimum absolute atomic E-state index is 0.00779. The van der Waals surface area contributed by atoms with E-state index in [9.17, 15) is 9.59 Å². The van der Waals surface area contributed by atoms with Crippen LogP contribution in [0.3, 0.4) is 0 Å². The molecule has 0 aliphatic heterocycles. The van der Waals surface area contributed by atoms with Crippen LogP contribution >= 0.6 is 11.3 Å². The molecule has 3 amide bonds. The third-order valence-corrected chi connectivity index (χ3v) is 6.08. The number of thiazole rings is 1. The van der Waals surface area contributed by atoms with Crippen molar-refractivity contribution in [2.75, 3.05) is 30.4 Å². The summed E-state index contributed by atoms with van der Waals surface area (Å²) in [5.41, 5.74) is 2.88. The number of hydrogen-bond acceptors (Lipinski definition) is 9. The molecule has 4 rings (SSSR count). The lowest BCUT2D eigenvalue weighted by Crippen LogP contribution is -2.30. The van der Waals surface area contributed by atoms with Crippen LogP contribution in [0.2, 0.25) is 0 Å². The standard InChI is InChI=1S/C25H29N7O4S/c1-5-35-14-21(33)28-17-10-16(12-26-13-17)15-6-7-18-19(11-15)37-24(29-18)31-23(34)27-9-8-20-30-22(36-32-20)25(2,3)4/h6-7,10-13H,5,8-9,14H2,1-4H3,(H,28,33)(H2,27,29,31,34). The van der Waals surface area contributed by atoms with Crippen molar-refractivity contribution in [2.45, 2.75) is 39.5 Å². The highest BCUT2D eigenvalue weighted by atomic mass is 32.1. The van der Waals surface area contributed by atoms with Gasteiger partial charge in [0.05, 0.1) is 22.1 Å². The van der Waals surface area contributed by atoms with Crippen molar-refractivity contribution in [3.05, 3.63) is 48.4 Å². The lowest BCUT2D eigenvalue weighted by atomic mass is 9.97. The zero-order valence-electron chi connectivity index (χ0n) is 21.1. The number of ether oxygens (including phenoxy) is 1. The molecular weight excluding hydrogens is 494 g/mol. The number of fused-ring (bicyclic) bond motifs is 1. The Kier molecular flexibility index (Phi) is 8.09. The lowest BCUT2D eigenvalue weighted by molar-refractivity contribution is -0.120. The van der Waals surface area contributed by atoms with Gasteiger partial charge < -0.3 is 19.9 Å². The molecule has 194 valence electrons. The fourth-order valence-electron chi connectivity index (χ4n) is 3.30. The second-order valence-electron chi connectivity index (χ2n) is 9.25. The van der Waals surface area contributed by atoms with Gasteiger partial charge in [0, 0.05) is 36.7 Å². The smallest absolute Gasteiger partial charge is 0.321 e. The predicted octanol–water partition coefficient (Wildman–Crippen LogP) is 4.38. The predicted molar refractivity (Wildman–Crippen MR) is 142 cm³/mol. The van der Waals surface area contributed by atoms with Crippen LogP contribution in [-0.2, 0) is 21.4 Å². The Bertz CT molecular complexity index is 1390. The summed E-state index contributed by atoms with van der Waals surface area (Å²) >= 11 is 1.36. The van der Waals surface area contributed by atoms with Gasteiger partial charge in [0.2, 0.25) is 11.8 Å². The van der Waals surface area contributed by atoms with Crippen LogP contribution in [0.25, 0.3) is 21.3 Å². The van der Waals surface area contributed by atoms with Gasteiger partial charge in [0.15, 0.2) is 11.0 Å². The Morgan fingerprint density at radius 2 is 1.92 bits per heavy atom. The lowest BCUT2D eigenvalue weighted by Gasteiger charge is -2.10. The molecule has 0 aliphatic rings. The van der Waals surface area contributed by atoms with Crippen LogP contribution in [-0.4, -0.2) is 51.8 Å². The largest absolute Gasteiger partial charge is 0.372 e. The molecule has 0 saturated carbocycles. The number of carbonyl (C=O) groups is 2. The summed E-state index contributed by atoms with van der Waals surface area (Å²) in [4.78, 5) is 37.4. The maximum absolute atomic E-state index is 12.4. The van der Waals surface area contributed by atoms with E-state index in [1.165, 1.54) is 11.3 Å². The van der Waals surface area contributed by atoms with E-state index in [2.05, 4.69) is 36.1 Å². The molecule has 4 aromatic rings. The first kappa shape index (κ1) is 26.2. The van der Waals surface area contributed by atoms with Crippen LogP contribution in [0, 0.1) is 0 Å². The number of pyridine rings is 1. The zero-order chi connectivity index (χ0) is 26.4. The quantitative estimate of drug-likeness (QED) is 0.293. The molecule has 0 radical (unpaired) electrons. The summed E-state index contributed by atoms with van der Waals surface area (Å²) in [5.74, 6) is 0.874. The van der Waals surface area contributed by atoms with Crippen molar-refractivity contribution in [1.82, 2.24) is 25.4 Å². The van der Waals surface area contributed by atoms with E-state index in [1.807, 2.05) is 52.0 Å². The van der Waals surface area contributed by atoms with Gasteiger partial charge >= 0.3 is 6.03 Å². The monoisotopic (exact) mass is 523 g/mol. The third kappa shape index (κ3) is 7.08. The van der Waals surface area contributed by atoms with Gasteiger partial charge in [-0.15, -0.1) is 0 Å². The maximum atomic E-state index is 12.4. The van der Waals surface area contributed by atoms with Crippen molar-refractivity contribution in [2.24, 2.45) is 0 Å². The number of carbonyl (C=O) groups excluding carboxylic acids is 2. The van der Waals surface area contributed by atoms with Gasteiger partial charge in [0.1, 0.15) is 6.61 Å². The normalized spacial score (nSPS) is 11.5. The second kappa shape index (κ2) is 11.4. The van der Waals surface area contributed by atoms with E-state index < -0.39 is 0 Å². The summed E-state index contributed by atoms with van der Waals surface area (Å²) in [7, 11) is 0. The Balaban J connectivity index is 1.35. The Morgan fingerprint density at radius 3 is 2.68 bits per heavy atom. The van der Waals surface area contributed by atoms with Crippen molar-refractivity contribution >= 4 is 44.3 Å². The zero-order valence-corrected chi connectivity index (χ0v) is 21.9. The molecule has 0 aliphatic carbocycles. The molecule has 3 aromatic heterocycles. The maximum Gasteiger partial charge on any atom is 0.321 e. The fourth-order valence-corrected chi connectivity index (χ4v) is 4.21. The average molecular weight is 524 g/mol. The van der Waals surface area contributed by atoms with Crippen molar-refractivity contribution in [1.29, 1.82) is 0 Å². The minimum atomic E-state index is -0.362. The number of anilines is 2. The topological polar surface area (TPSA) is 144 Å². The number of hydrogen-bond donors (Lipinski definition) is 3. The Morgan fingerprint density at radius 1 is 1.08 bits per heavy atom. The number of aromatic nitrogens is 4. The van der Waals surface area contributed by atoms with E-state index in [4.69, 9.17) is 9.26 Å². The van der Waals surface area contributed by atoms with Crippen LogP contribution in [0.4, 0.5) is 15.6 Å². The first-order valence-electron chi connectivity index (χ1n) is 11.8. The van der Waals surface area contributed by atoms with Crippen molar-refractivity contribution < 1.29 is 18.8 Å². The van der Waals surface area contributed by atoms with Crippen molar-refractivity contribution in [3.8, 4) is 11.1 Å². The van der Waals surface area contributed by atoms with E-state index >= 15 is 0 Å². The third-order valence-electron chi connectivity index (χ3n) is 5.15. The second-order valence-corrected chi connectivity index (χ2v) is 10.3. The molecule has 0 spiro atoms. The molecule has 3 heterocycles. The van der Waals surface area contributed by atoms with Gasteiger partial charge in [-0.05, 0) is 30.7 Å². The molecule has 11 nitrogen and oxygen atoms in total. The SMILES string of the molecule is CCOCC(=O)Nc1cncc(-c2ccc3nc(NC(=O)NCCc4noc(C(C)(C)C)n4)sc3c2)c1. The van der Waals surface area contributed by atoms with E-state index in [-0.39, 0.29) is 24.0 Å². The van der Waals surface area contributed by atoms with Crippen LogP contribution in [0.5, 0.6) is 0 Å². The van der Waals surface area contributed by atoms with Crippen LogP contribution < -0.4 is 16.0 Å². The first-order valence-corrected chi connectivity index (χ1v) is 12.6. The van der Waals surface area contributed by atoms with Crippen LogP contribution in [0.1, 0.15) is 39.4 Å². The number of nitrogens with one attached hydrogen (secondary N) is 3. The summed E-state index contributed by atoms with van der Waals surface area (Å²) in [6, 6.07) is 7.26. The molecule has 0 saturated heterocycles. The Labute approximate surface area is 218 Å². The summed E-state index contributed by atoms with van der Waals surface area (Å²) in [6.45, 7) is 8.64. The highest BCUT2D eigenvalue weighted by Gasteiger charge is 2.21. The summed E-state index contributed by atoms with van der Waals surface area (Å²) in [5, 5.41) is 12.8. The average Bonchev–Trinajstić information content (AvgIpc) is 3.49. The number of amides is 3. The number of urea groups is 1. The molecule has 1 aromatic carbocycles. The fraction of sp³-hybridized carbons (Fsp3) is 0.360. The molecule has 0 unspecified atom stereocenters. The van der Waals surface area contributed by atoms with Gasteiger partial charge in [-0.25, -0.2) is 9.78 Å². The first-order chi connectivity index (χ1) is 17.7. The summed E-state index contributed by atoms with van der Waals surface area (Å²) in [6.07, 6.45) is 3.76. The number of rotatable bonds is 9. The van der Waals surface area contributed by atoms with Crippen LogP contribution in [0.15, 0.2) is 41.2 Å². The highest BCUT2D eigenvalue weighted by molar-refractivity contribution is 7.22. The number of nitrogens with zero attached hydrogens (tertiary/aromatic N) is 4.